The molecule has 5 nitrogen and oxygen atoms in total. The highest BCUT2D eigenvalue weighted by atomic mass is 35.5. The van der Waals surface area contributed by atoms with E-state index in [0.29, 0.717) is 15.7 Å². The molecular weight excluding hydrogens is 428 g/mol. The molecule has 7 heteroatoms. The van der Waals surface area contributed by atoms with E-state index in [1.54, 1.807) is 6.20 Å². The van der Waals surface area contributed by atoms with Crippen LogP contribution in [-0.2, 0) is 12.0 Å². The Bertz CT molecular complexity index is 1040. The highest BCUT2D eigenvalue weighted by molar-refractivity contribution is 7.14. The molecule has 1 atom stereocenters. The smallest absolute Gasteiger partial charge is 0.257 e. The van der Waals surface area contributed by atoms with E-state index in [1.807, 2.05) is 36.4 Å². The summed E-state index contributed by atoms with van der Waals surface area (Å²) >= 11 is 7.42. The molecule has 1 aliphatic rings. The minimum atomic E-state index is -0.130. The number of thiazole rings is 1. The lowest BCUT2D eigenvalue weighted by molar-refractivity contribution is 0.102. The first-order chi connectivity index (χ1) is 14.8. The highest BCUT2D eigenvalue weighted by Gasteiger charge is 2.28. The van der Waals surface area contributed by atoms with Crippen LogP contribution in [0, 0.1) is 0 Å². The molecular formula is C24H27ClN4OS. The van der Waals surface area contributed by atoms with Gasteiger partial charge in [-0.1, -0.05) is 44.5 Å². The summed E-state index contributed by atoms with van der Waals surface area (Å²) in [5.41, 5.74) is 3.92. The zero-order chi connectivity index (χ0) is 22.0. The minimum absolute atomic E-state index is 0.0634. The standard InChI is InChI=1S/C24H27ClN4OS/c1-24(2,3)17-8-6-16(7-9-17)22(30)28-23-27-20(15-31-23)21-5-4-12-29(21)14-19-11-10-18(25)13-26-19/h6-11,13,15,21H,4-5,12,14H2,1-3H3,(H,27,28,30). The second kappa shape index (κ2) is 9.07. The van der Waals surface area contributed by atoms with Crippen LogP contribution in [0.25, 0.3) is 0 Å². The van der Waals surface area contributed by atoms with Crippen molar-refractivity contribution in [2.24, 2.45) is 0 Å². The first-order valence-corrected chi connectivity index (χ1v) is 11.8. The van der Waals surface area contributed by atoms with Gasteiger partial charge in [0, 0.05) is 23.7 Å². The molecule has 0 aliphatic carbocycles. The number of carbonyl (C=O) groups is 1. The summed E-state index contributed by atoms with van der Waals surface area (Å²) in [5, 5.41) is 6.29. The fourth-order valence-corrected chi connectivity index (χ4v) is 4.71. The van der Waals surface area contributed by atoms with E-state index >= 15 is 0 Å². The number of nitrogens with one attached hydrogen (secondary N) is 1. The molecule has 0 saturated carbocycles. The lowest BCUT2D eigenvalue weighted by Gasteiger charge is -2.22. The van der Waals surface area contributed by atoms with Crippen molar-refractivity contribution in [1.29, 1.82) is 0 Å². The number of hydrogen-bond acceptors (Lipinski definition) is 5. The predicted octanol–water partition coefficient (Wildman–Crippen LogP) is 6.08. The number of carbonyl (C=O) groups excluding carboxylic acids is 1. The number of hydrogen-bond donors (Lipinski definition) is 1. The molecule has 1 fully saturated rings. The van der Waals surface area contributed by atoms with Crippen molar-refractivity contribution < 1.29 is 4.79 Å². The fraction of sp³-hybridized carbons (Fsp3) is 0.375. The van der Waals surface area contributed by atoms with Gasteiger partial charge < -0.3 is 0 Å². The third-order valence-corrected chi connectivity index (χ3v) is 6.61. The average molecular weight is 455 g/mol. The Morgan fingerprint density at radius 3 is 2.68 bits per heavy atom. The minimum Gasteiger partial charge on any atom is -0.298 e. The Morgan fingerprint density at radius 1 is 1.23 bits per heavy atom. The second-order valence-corrected chi connectivity index (χ2v) is 10.2. The van der Waals surface area contributed by atoms with Gasteiger partial charge in [0.15, 0.2) is 5.13 Å². The van der Waals surface area contributed by atoms with Crippen molar-refractivity contribution in [2.75, 3.05) is 11.9 Å². The molecule has 1 aliphatic heterocycles. The summed E-state index contributed by atoms with van der Waals surface area (Å²) in [6.45, 7) is 8.26. The van der Waals surface area contributed by atoms with E-state index in [9.17, 15) is 4.79 Å². The maximum absolute atomic E-state index is 12.7. The van der Waals surface area contributed by atoms with Gasteiger partial charge in [0.05, 0.1) is 22.5 Å². The van der Waals surface area contributed by atoms with Crippen LogP contribution in [0.3, 0.4) is 0 Å². The maximum Gasteiger partial charge on any atom is 0.257 e. The third kappa shape index (κ3) is 5.32. The van der Waals surface area contributed by atoms with E-state index < -0.39 is 0 Å². The molecule has 1 saturated heterocycles. The SMILES string of the molecule is CC(C)(C)c1ccc(C(=O)Nc2nc(C3CCCN3Cc3ccc(Cl)cn3)cs2)cc1. The molecule has 1 amide bonds. The molecule has 0 radical (unpaired) electrons. The van der Waals surface area contributed by atoms with Crippen LogP contribution in [-0.4, -0.2) is 27.3 Å². The van der Waals surface area contributed by atoms with Crippen LogP contribution in [0.2, 0.25) is 5.02 Å². The second-order valence-electron chi connectivity index (χ2n) is 8.96. The van der Waals surface area contributed by atoms with Crippen molar-refractivity contribution in [3.63, 3.8) is 0 Å². The Labute approximate surface area is 192 Å². The normalized spacial score (nSPS) is 17.1. The van der Waals surface area contributed by atoms with Crippen LogP contribution in [0.1, 0.15) is 67.0 Å². The van der Waals surface area contributed by atoms with Crippen LogP contribution >= 0.6 is 22.9 Å². The Hall–Kier alpha value is -2.28. The number of rotatable bonds is 5. The van der Waals surface area contributed by atoms with E-state index in [1.165, 1.54) is 16.9 Å². The number of amides is 1. The zero-order valence-corrected chi connectivity index (χ0v) is 19.6. The van der Waals surface area contributed by atoms with Crippen molar-refractivity contribution in [3.05, 3.63) is 75.5 Å². The first-order valence-electron chi connectivity index (χ1n) is 10.5. The molecule has 2 aromatic heterocycles. The van der Waals surface area contributed by atoms with Gasteiger partial charge in [-0.2, -0.15) is 0 Å². The Morgan fingerprint density at radius 2 is 2.00 bits per heavy atom. The van der Waals surface area contributed by atoms with Gasteiger partial charge in [0.2, 0.25) is 0 Å². The number of halogens is 1. The lowest BCUT2D eigenvalue weighted by atomic mass is 9.87. The number of aromatic nitrogens is 2. The monoisotopic (exact) mass is 454 g/mol. The van der Waals surface area contributed by atoms with Gasteiger partial charge in [-0.3, -0.25) is 20.0 Å². The Kier molecular flexibility index (Phi) is 6.42. The summed E-state index contributed by atoms with van der Waals surface area (Å²) in [6, 6.07) is 11.9. The summed E-state index contributed by atoms with van der Waals surface area (Å²) in [7, 11) is 0. The number of anilines is 1. The highest BCUT2D eigenvalue weighted by Crippen LogP contribution is 2.34. The zero-order valence-electron chi connectivity index (χ0n) is 18.1. The van der Waals surface area contributed by atoms with Crippen molar-refractivity contribution >= 4 is 34.0 Å². The molecule has 3 aromatic rings. The summed E-state index contributed by atoms with van der Waals surface area (Å²) in [6.07, 6.45) is 3.86. The van der Waals surface area contributed by atoms with Crippen molar-refractivity contribution in [1.82, 2.24) is 14.9 Å². The van der Waals surface area contributed by atoms with Crippen LogP contribution in [0.15, 0.2) is 48.0 Å². The molecule has 3 heterocycles. The van der Waals surface area contributed by atoms with Crippen LogP contribution in [0.4, 0.5) is 5.13 Å². The van der Waals surface area contributed by atoms with Gasteiger partial charge in [-0.25, -0.2) is 4.98 Å². The summed E-state index contributed by atoms with van der Waals surface area (Å²) in [4.78, 5) is 24.2. The molecule has 31 heavy (non-hydrogen) atoms. The molecule has 1 unspecified atom stereocenters. The largest absolute Gasteiger partial charge is 0.298 e. The van der Waals surface area contributed by atoms with E-state index in [2.05, 4.69) is 41.4 Å². The van der Waals surface area contributed by atoms with Crippen LogP contribution < -0.4 is 5.32 Å². The number of likely N-dealkylation sites (tertiary alicyclic amines) is 1. The van der Waals surface area contributed by atoms with Gasteiger partial charge in [-0.15, -0.1) is 11.3 Å². The molecule has 0 spiro atoms. The van der Waals surface area contributed by atoms with E-state index in [-0.39, 0.29) is 17.4 Å². The fourth-order valence-electron chi connectivity index (χ4n) is 3.85. The van der Waals surface area contributed by atoms with Gasteiger partial charge >= 0.3 is 0 Å². The molecule has 162 valence electrons. The Balaban J connectivity index is 1.41. The number of nitrogens with zero attached hydrogens (tertiary/aromatic N) is 3. The number of pyridine rings is 1. The molecule has 1 N–H and O–H groups in total. The summed E-state index contributed by atoms with van der Waals surface area (Å²) < 4.78 is 0. The van der Waals surface area contributed by atoms with E-state index in [4.69, 9.17) is 16.6 Å². The average Bonchev–Trinajstić information content (AvgIpc) is 3.38. The topological polar surface area (TPSA) is 58.1 Å². The molecule has 1 aromatic carbocycles. The van der Waals surface area contributed by atoms with Gasteiger partial charge in [0.1, 0.15) is 0 Å². The van der Waals surface area contributed by atoms with Crippen molar-refractivity contribution in [2.45, 2.75) is 51.6 Å². The lowest BCUT2D eigenvalue weighted by Crippen LogP contribution is -2.23. The van der Waals surface area contributed by atoms with Gasteiger partial charge in [-0.05, 0) is 54.6 Å². The number of benzene rings is 1. The maximum atomic E-state index is 12.7. The van der Waals surface area contributed by atoms with Crippen LogP contribution in [0.5, 0.6) is 0 Å². The summed E-state index contributed by atoms with van der Waals surface area (Å²) in [5.74, 6) is -0.130. The molecule has 4 rings (SSSR count). The quantitative estimate of drug-likeness (QED) is 0.507. The van der Waals surface area contributed by atoms with Crippen molar-refractivity contribution in [3.8, 4) is 0 Å². The first kappa shape index (κ1) is 21.9. The van der Waals surface area contributed by atoms with Gasteiger partial charge in [0.25, 0.3) is 5.91 Å². The predicted molar refractivity (Wildman–Crippen MR) is 127 cm³/mol. The third-order valence-electron chi connectivity index (χ3n) is 5.61. The van der Waals surface area contributed by atoms with E-state index in [0.717, 1.165) is 37.3 Å². The molecule has 0 bridgehead atoms.